The molecule has 1 aromatic carbocycles. The fraction of sp³-hybridized carbons (Fsp3) is 0.417. The molecule has 0 aromatic heterocycles. The van der Waals surface area contributed by atoms with Gasteiger partial charge in [0.05, 0.1) is 13.2 Å². The largest absolute Gasteiger partial charge is 0.496 e. The van der Waals surface area contributed by atoms with Crippen LogP contribution < -0.4 is 10.5 Å². The zero-order chi connectivity index (χ0) is 11.3. The molecule has 0 amide bonds. The number of carbonyl (C=O) groups excluding carboxylic acids is 1. The molecule has 1 rings (SSSR count). The van der Waals surface area contributed by atoms with Crippen LogP contribution in [0.4, 0.5) is 0 Å². The summed E-state index contributed by atoms with van der Waals surface area (Å²) in [4.78, 5) is 11.3. The number of para-hydroxylation sites is 1. The molecule has 0 heterocycles. The predicted octanol–water partition coefficient (Wildman–Crippen LogP) is 1.54. The molecular weight excluding hydrogens is 190 g/mol. The smallest absolute Gasteiger partial charge is 0.149 e. The van der Waals surface area contributed by atoms with Gasteiger partial charge in [-0.1, -0.05) is 25.1 Å². The molecule has 0 bridgehead atoms. The van der Waals surface area contributed by atoms with Crippen LogP contribution in [-0.4, -0.2) is 18.9 Å². The quantitative estimate of drug-likeness (QED) is 0.796. The molecule has 2 N–H and O–H groups in total. The number of benzene rings is 1. The molecule has 1 aromatic rings. The first-order chi connectivity index (χ1) is 7.19. The van der Waals surface area contributed by atoms with Crippen molar-refractivity contribution in [2.45, 2.75) is 25.8 Å². The van der Waals surface area contributed by atoms with E-state index in [1.54, 1.807) is 7.11 Å². The van der Waals surface area contributed by atoms with E-state index in [-0.39, 0.29) is 5.78 Å². The average molecular weight is 207 g/mol. The second-order valence-corrected chi connectivity index (χ2v) is 3.44. The first-order valence-electron chi connectivity index (χ1n) is 5.09. The molecule has 0 aliphatic carbocycles. The van der Waals surface area contributed by atoms with E-state index in [0.717, 1.165) is 11.3 Å². The van der Waals surface area contributed by atoms with Gasteiger partial charge >= 0.3 is 0 Å². The summed E-state index contributed by atoms with van der Waals surface area (Å²) in [6, 6.07) is 7.20. The van der Waals surface area contributed by atoms with Crippen LogP contribution in [-0.2, 0) is 11.2 Å². The Morgan fingerprint density at radius 2 is 2.13 bits per heavy atom. The molecule has 0 saturated carbocycles. The topological polar surface area (TPSA) is 52.3 Å². The Morgan fingerprint density at radius 3 is 2.73 bits per heavy atom. The van der Waals surface area contributed by atoms with E-state index in [1.807, 2.05) is 31.2 Å². The van der Waals surface area contributed by atoms with Crippen LogP contribution in [0.15, 0.2) is 24.3 Å². The molecule has 82 valence electrons. The molecule has 1 atom stereocenters. The van der Waals surface area contributed by atoms with Crippen LogP contribution in [0.3, 0.4) is 0 Å². The molecule has 3 heteroatoms. The summed E-state index contributed by atoms with van der Waals surface area (Å²) in [5.74, 6) is 0.873. The Morgan fingerprint density at radius 1 is 1.47 bits per heavy atom. The maximum atomic E-state index is 11.3. The first-order valence-corrected chi connectivity index (χ1v) is 5.09. The van der Waals surface area contributed by atoms with Gasteiger partial charge < -0.3 is 10.5 Å². The molecule has 1 unspecified atom stereocenters. The third-order valence-electron chi connectivity index (χ3n) is 2.39. The minimum atomic E-state index is -0.425. The van der Waals surface area contributed by atoms with Crippen LogP contribution in [0.1, 0.15) is 18.9 Å². The lowest BCUT2D eigenvalue weighted by molar-refractivity contribution is -0.119. The Balaban J connectivity index is 2.75. The fourth-order valence-electron chi connectivity index (χ4n) is 1.48. The number of nitrogens with two attached hydrogens (primary N) is 1. The predicted molar refractivity (Wildman–Crippen MR) is 60.0 cm³/mol. The summed E-state index contributed by atoms with van der Waals surface area (Å²) in [5.41, 5.74) is 6.76. The van der Waals surface area contributed by atoms with Crippen LogP contribution >= 0.6 is 0 Å². The van der Waals surface area contributed by atoms with E-state index in [1.165, 1.54) is 0 Å². The lowest BCUT2D eigenvalue weighted by Gasteiger charge is -2.12. The summed E-state index contributed by atoms with van der Waals surface area (Å²) < 4.78 is 5.19. The lowest BCUT2D eigenvalue weighted by Crippen LogP contribution is -2.32. The van der Waals surface area contributed by atoms with Crippen molar-refractivity contribution in [2.24, 2.45) is 5.73 Å². The summed E-state index contributed by atoms with van der Waals surface area (Å²) >= 11 is 0. The van der Waals surface area contributed by atoms with Crippen LogP contribution in [0, 0.1) is 0 Å². The van der Waals surface area contributed by atoms with Crippen LogP contribution in [0.25, 0.3) is 0 Å². The summed E-state index contributed by atoms with van der Waals surface area (Å²) in [6.45, 7) is 1.82. The van der Waals surface area contributed by atoms with E-state index in [9.17, 15) is 4.79 Å². The summed E-state index contributed by atoms with van der Waals surface area (Å²) in [6.07, 6.45) is 1.02. The third-order valence-corrected chi connectivity index (χ3v) is 2.39. The number of ether oxygens (including phenoxy) is 1. The van der Waals surface area contributed by atoms with Crippen LogP contribution in [0.2, 0.25) is 0 Å². The lowest BCUT2D eigenvalue weighted by atomic mass is 10.0. The highest BCUT2D eigenvalue weighted by atomic mass is 16.5. The van der Waals surface area contributed by atoms with Gasteiger partial charge in [0, 0.05) is 6.42 Å². The number of rotatable bonds is 5. The van der Waals surface area contributed by atoms with Crippen molar-refractivity contribution in [1.82, 2.24) is 0 Å². The summed E-state index contributed by atoms with van der Waals surface area (Å²) in [5, 5.41) is 0. The van der Waals surface area contributed by atoms with Gasteiger partial charge in [-0.2, -0.15) is 0 Å². The van der Waals surface area contributed by atoms with Gasteiger partial charge in [-0.3, -0.25) is 4.79 Å². The maximum absolute atomic E-state index is 11.3. The van der Waals surface area contributed by atoms with E-state index in [4.69, 9.17) is 10.5 Å². The minimum Gasteiger partial charge on any atom is -0.496 e. The second-order valence-electron chi connectivity index (χ2n) is 3.44. The van der Waals surface area contributed by atoms with Crippen molar-refractivity contribution in [3.8, 4) is 5.75 Å². The second kappa shape index (κ2) is 5.51. The molecule has 0 spiro atoms. The monoisotopic (exact) mass is 207 g/mol. The van der Waals surface area contributed by atoms with Crippen LogP contribution in [0.5, 0.6) is 5.75 Å². The zero-order valence-electron chi connectivity index (χ0n) is 9.19. The number of hydrogen-bond donors (Lipinski definition) is 1. The molecule has 0 aliphatic rings. The average Bonchev–Trinajstić information content (AvgIpc) is 2.28. The molecule has 15 heavy (non-hydrogen) atoms. The standard InChI is InChI=1S/C12H17NO2/c1-3-11(14)10(13)8-9-6-4-5-7-12(9)15-2/h4-7,10H,3,8,13H2,1-2H3. The van der Waals surface area contributed by atoms with E-state index in [2.05, 4.69) is 0 Å². The van der Waals surface area contributed by atoms with Gasteiger partial charge in [0.25, 0.3) is 0 Å². The van der Waals surface area contributed by atoms with E-state index in [0.29, 0.717) is 12.8 Å². The van der Waals surface area contributed by atoms with Gasteiger partial charge in [0.1, 0.15) is 11.5 Å². The fourth-order valence-corrected chi connectivity index (χ4v) is 1.48. The Labute approximate surface area is 90.2 Å². The highest BCUT2D eigenvalue weighted by Crippen LogP contribution is 2.18. The Bertz CT molecular complexity index is 336. The van der Waals surface area contributed by atoms with Gasteiger partial charge in [0.2, 0.25) is 0 Å². The highest BCUT2D eigenvalue weighted by molar-refractivity contribution is 5.83. The number of carbonyl (C=O) groups is 1. The number of Topliss-reactive ketones (excluding diaryl/α,β-unsaturated/α-hetero) is 1. The maximum Gasteiger partial charge on any atom is 0.149 e. The van der Waals surface area contributed by atoms with Gasteiger partial charge in [-0.05, 0) is 18.1 Å². The van der Waals surface area contributed by atoms with Crippen molar-refractivity contribution >= 4 is 5.78 Å². The zero-order valence-corrected chi connectivity index (χ0v) is 9.19. The first kappa shape index (κ1) is 11.7. The third kappa shape index (κ3) is 3.06. The molecule has 0 aliphatic heterocycles. The Hall–Kier alpha value is -1.35. The minimum absolute atomic E-state index is 0.0842. The summed E-state index contributed by atoms with van der Waals surface area (Å²) in [7, 11) is 1.62. The highest BCUT2D eigenvalue weighted by Gasteiger charge is 2.13. The van der Waals surface area contributed by atoms with Gasteiger partial charge in [-0.25, -0.2) is 0 Å². The normalized spacial score (nSPS) is 12.2. The van der Waals surface area contributed by atoms with Crippen molar-refractivity contribution in [3.05, 3.63) is 29.8 Å². The molecule has 3 nitrogen and oxygen atoms in total. The molecular formula is C12H17NO2. The van der Waals surface area contributed by atoms with E-state index < -0.39 is 6.04 Å². The van der Waals surface area contributed by atoms with Crippen molar-refractivity contribution in [1.29, 1.82) is 0 Å². The SMILES string of the molecule is CCC(=O)C(N)Cc1ccccc1OC. The van der Waals surface area contributed by atoms with Crippen molar-refractivity contribution in [3.63, 3.8) is 0 Å². The van der Waals surface area contributed by atoms with Gasteiger partial charge in [0.15, 0.2) is 0 Å². The Kier molecular flexibility index (Phi) is 4.31. The van der Waals surface area contributed by atoms with Crippen molar-refractivity contribution in [2.75, 3.05) is 7.11 Å². The number of methoxy groups -OCH3 is 1. The van der Waals surface area contributed by atoms with Gasteiger partial charge in [-0.15, -0.1) is 0 Å². The van der Waals surface area contributed by atoms with Crippen molar-refractivity contribution < 1.29 is 9.53 Å². The number of hydrogen-bond acceptors (Lipinski definition) is 3. The number of ketones is 1. The molecule has 0 radical (unpaired) electrons. The van der Waals surface area contributed by atoms with E-state index >= 15 is 0 Å². The molecule has 0 saturated heterocycles. The molecule has 0 fully saturated rings.